The second kappa shape index (κ2) is 12.5. The summed E-state index contributed by atoms with van der Waals surface area (Å²) in [6.07, 6.45) is 2.48. The van der Waals surface area contributed by atoms with Crippen LogP contribution in [0.15, 0.2) is 34.2 Å². The highest BCUT2D eigenvalue weighted by Crippen LogP contribution is 2.18. The third-order valence-corrected chi connectivity index (χ3v) is 5.46. The number of thioether (sulfide) groups is 1. The highest BCUT2D eigenvalue weighted by Gasteiger charge is 2.23. The summed E-state index contributed by atoms with van der Waals surface area (Å²) < 4.78 is 18.0. The monoisotopic (exact) mass is 410 g/mol. The zero-order chi connectivity index (χ0) is 20.2. The van der Waals surface area contributed by atoms with Crippen LogP contribution in [-0.2, 0) is 4.74 Å². The molecule has 2 N–H and O–H groups in total. The van der Waals surface area contributed by atoms with Gasteiger partial charge in [-0.15, -0.1) is 11.8 Å². The Labute approximate surface area is 171 Å². The van der Waals surface area contributed by atoms with Crippen molar-refractivity contribution in [2.45, 2.75) is 44.0 Å². The van der Waals surface area contributed by atoms with E-state index in [1.807, 2.05) is 13.8 Å². The molecule has 0 radical (unpaired) electrons. The summed E-state index contributed by atoms with van der Waals surface area (Å²) in [5, 5.41) is 6.76. The number of hydrogen-bond donors (Lipinski definition) is 2. The third-order valence-electron chi connectivity index (χ3n) is 4.36. The molecule has 2 rings (SSSR count). The molecule has 1 aromatic carbocycles. The van der Waals surface area contributed by atoms with Gasteiger partial charge in [0.05, 0.1) is 6.61 Å². The lowest BCUT2D eigenvalue weighted by Crippen LogP contribution is -2.49. The fraction of sp³-hybridized carbons (Fsp3) is 0.600. The van der Waals surface area contributed by atoms with Crippen LogP contribution in [0.5, 0.6) is 0 Å². The van der Waals surface area contributed by atoms with Gasteiger partial charge in [-0.2, -0.15) is 0 Å². The van der Waals surface area contributed by atoms with Crippen LogP contribution in [0.1, 0.15) is 33.1 Å². The Hall–Kier alpha value is -1.96. The van der Waals surface area contributed by atoms with Crippen molar-refractivity contribution in [3.8, 4) is 0 Å². The molecule has 0 aromatic heterocycles. The molecule has 1 aliphatic heterocycles. The maximum Gasteiger partial charge on any atom is 0.409 e. The van der Waals surface area contributed by atoms with E-state index >= 15 is 0 Å². The number of nitrogens with zero attached hydrogens (tertiary/aromatic N) is 2. The minimum atomic E-state index is -0.222. The van der Waals surface area contributed by atoms with Crippen molar-refractivity contribution in [2.24, 2.45) is 4.99 Å². The molecule has 0 atom stereocenters. The zero-order valence-electron chi connectivity index (χ0n) is 16.7. The number of carbonyl (C=O) groups excluding carboxylic acids is 1. The summed E-state index contributed by atoms with van der Waals surface area (Å²) in [5.41, 5.74) is 0. The maximum atomic E-state index is 12.9. The number of piperidine rings is 1. The second-order valence-corrected chi connectivity index (χ2v) is 7.69. The van der Waals surface area contributed by atoms with E-state index < -0.39 is 0 Å². The Bertz CT molecular complexity index is 619. The molecule has 1 aliphatic rings. The SMILES string of the molecule is CCNC(=NCCCSc1ccc(F)cc1)NC1CCN(C(=O)OCC)CC1. The molecule has 0 unspecified atom stereocenters. The van der Waals surface area contributed by atoms with Crippen LogP contribution in [0, 0.1) is 5.82 Å². The van der Waals surface area contributed by atoms with Gasteiger partial charge < -0.3 is 20.3 Å². The van der Waals surface area contributed by atoms with Gasteiger partial charge in [-0.25, -0.2) is 9.18 Å². The number of benzene rings is 1. The zero-order valence-corrected chi connectivity index (χ0v) is 17.6. The van der Waals surface area contributed by atoms with Crippen molar-refractivity contribution in [3.63, 3.8) is 0 Å². The molecule has 156 valence electrons. The molecule has 28 heavy (non-hydrogen) atoms. The number of ether oxygens (including phenoxy) is 1. The number of nitrogens with one attached hydrogen (secondary N) is 2. The van der Waals surface area contributed by atoms with Crippen molar-refractivity contribution in [1.82, 2.24) is 15.5 Å². The van der Waals surface area contributed by atoms with Crippen molar-refractivity contribution >= 4 is 23.8 Å². The van der Waals surface area contributed by atoms with E-state index in [0.717, 1.165) is 49.0 Å². The van der Waals surface area contributed by atoms with Crippen LogP contribution in [-0.4, -0.2) is 61.5 Å². The van der Waals surface area contributed by atoms with Crippen LogP contribution in [0.25, 0.3) is 0 Å². The quantitative estimate of drug-likeness (QED) is 0.297. The first kappa shape index (κ1) is 22.3. The van der Waals surface area contributed by atoms with Gasteiger partial charge in [0, 0.05) is 37.1 Å². The summed E-state index contributed by atoms with van der Waals surface area (Å²) in [5.74, 6) is 1.55. The Morgan fingerprint density at radius 1 is 1.29 bits per heavy atom. The van der Waals surface area contributed by atoms with Crippen molar-refractivity contribution in [1.29, 1.82) is 0 Å². The molecule has 0 aliphatic carbocycles. The molecule has 0 saturated carbocycles. The molecule has 1 saturated heterocycles. The number of aliphatic imine (C=N–C) groups is 1. The molecule has 1 fully saturated rings. The van der Waals surface area contributed by atoms with E-state index in [4.69, 9.17) is 4.74 Å². The van der Waals surface area contributed by atoms with Crippen LogP contribution in [0.2, 0.25) is 0 Å². The molecular weight excluding hydrogens is 379 g/mol. The molecule has 1 amide bonds. The fourth-order valence-electron chi connectivity index (χ4n) is 2.91. The molecule has 1 heterocycles. The van der Waals surface area contributed by atoms with Gasteiger partial charge in [-0.3, -0.25) is 4.99 Å². The molecule has 8 heteroatoms. The lowest BCUT2D eigenvalue weighted by atomic mass is 10.1. The summed E-state index contributed by atoms with van der Waals surface area (Å²) in [7, 11) is 0. The normalized spacial score (nSPS) is 15.4. The van der Waals surface area contributed by atoms with E-state index in [1.165, 1.54) is 12.1 Å². The summed E-state index contributed by atoms with van der Waals surface area (Å²) in [4.78, 5) is 19.3. The highest BCUT2D eigenvalue weighted by atomic mass is 32.2. The fourth-order valence-corrected chi connectivity index (χ4v) is 3.75. The van der Waals surface area contributed by atoms with Gasteiger partial charge in [0.2, 0.25) is 0 Å². The molecule has 0 spiro atoms. The largest absolute Gasteiger partial charge is 0.450 e. The Balaban J connectivity index is 1.70. The summed E-state index contributed by atoms with van der Waals surface area (Å²) >= 11 is 1.71. The van der Waals surface area contributed by atoms with Gasteiger partial charge in [-0.05, 0) is 63.1 Å². The maximum absolute atomic E-state index is 12.9. The second-order valence-electron chi connectivity index (χ2n) is 6.52. The van der Waals surface area contributed by atoms with Gasteiger partial charge in [0.15, 0.2) is 5.96 Å². The van der Waals surface area contributed by atoms with Crippen molar-refractivity contribution in [3.05, 3.63) is 30.1 Å². The number of likely N-dealkylation sites (tertiary alicyclic amines) is 1. The molecule has 1 aromatic rings. The lowest BCUT2D eigenvalue weighted by Gasteiger charge is -2.32. The van der Waals surface area contributed by atoms with Crippen LogP contribution in [0.4, 0.5) is 9.18 Å². The molecule has 0 bridgehead atoms. The van der Waals surface area contributed by atoms with Crippen LogP contribution >= 0.6 is 11.8 Å². The first-order valence-electron chi connectivity index (χ1n) is 9.97. The minimum Gasteiger partial charge on any atom is -0.450 e. The number of hydrogen-bond acceptors (Lipinski definition) is 4. The smallest absolute Gasteiger partial charge is 0.409 e. The summed E-state index contributed by atoms with van der Waals surface area (Å²) in [6, 6.07) is 6.88. The Morgan fingerprint density at radius 3 is 2.64 bits per heavy atom. The first-order valence-corrected chi connectivity index (χ1v) is 11.0. The predicted octanol–water partition coefficient (Wildman–Crippen LogP) is 3.48. The topological polar surface area (TPSA) is 66.0 Å². The average Bonchev–Trinajstić information content (AvgIpc) is 2.70. The number of guanidine groups is 1. The van der Waals surface area contributed by atoms with E-state index in [1.54, 1.807) is 28.8 Å². The predicted molar refractivity (Wildman–Crippen MR) is 112 cm³/mol. The van der Waals surface area contributed by atoms with E-state index in [9.17, 15) is 9.18 Å². The van der Waals surface area contributed by atoms with Crippen molar-refractivity contribution in [2.75, 3.05) is 38.5 Å². The van der Waals surface area contributed by atoms with Crippen LogP contribution < -0.4 is 10.6 Å². The van der Waals surface area contributed by atoms with Gasteiger partial charge in [0.1, 0.15) is 5.82 Å². The molecular formula is C20H31FN4O2S. The van der Waals surface area contributed by atoms with Gasteiger partial charge in [0.25, 0.3) is 0 Å². The number of amides is 1. The van der Waals surface area contributed by atoms with E-state index in [0.29, 0.717) is 25.7 Å². The molecule has 6 nitrogen and oxygen atoms in total. The van der Waals surface area contributed by atoms with E-state index in [-0.39, 0.29) is 11.9 Å². The minimum absolute atomic E-state index is 0.205. The standard InChI is InChI=1S/C20H31FN4O2S/c1-3-22-19(23-12-5-15-28-18-8-6-16(21)7-9-18)24-17-10-13-25(14-11-17)20(26)27-4-2/h6-9,17H,3-5,10-15H2,1-2H3,(H2,22,23,24). The third kappa shape index (κ3) is 7.96. The van der Waals surface area contributed by atoms with Gasteiger partial charge in [-0.1, -0.05) is 0 Å². The highest BCUT2D eigenvalue weighted by molar-refractivity contribution is 7.99. The average molecular weight is 411 g/mol. The van der Waals surface area contributed by atoms with E-state index in [2.05, 4.69) is 15.6 Å². The Morgan fingerprint density at radius 2 is 2.00 bits per heavy atom. The Kier molecular flexibility index (Phi) is 9.96. The lowest BCUT2D eigenvalue weighted by molar-refractivity contribution is 0.0963. The number of carbonyl (C=O) groups is 1. The summed E-state index contributed by atoms with van der Waals surface area (Å²) in [6.45, 7) is 7.21. The van der Waals surface area contributed by atoms with Gasteiger partial charge >= 0.3 is 6.09 Å². The first-order chi connectivity index (χ1) is 13.6. The number of rotatable bonds is 8. The van der Waals surface area contributed by atoms with Crippen molar-refractivity contribution < 1.29 is 13.9 Å². The number of halogens is 1. The van der Waals surface area contributed by atoms with Crippen LogP contribution in [0.3, 0.4) is 0 Å².